The zero-order chi connectivity index (χ0) is 19.4. The van der Waals surface area contributed by atoms with Crippen molar-refractivity contribution in [3.05, 3.63) is 64.9 Å². The molecule has 1 amide bonds. The van der Waals surface area contributed by atoms with Crippen molar-refractivity contribution in [2.75, 3.05) is 11.1 Å². The van der Waals surface area contributed by atoms with E-state index < -0.39 is 5.97 Å². The number of carbonyl (C=O) groups is 2. The SMILES string of the molecule is Cc1cc(NC(=O)CSc2ncn(-c3ccccc3)n2)cc(C(=O)O)c1Cl. The Morgan fingerprint density at radius 2 is 2.00 bits per heavy atom. The molecule has 0 aliphatic heterocycles. The molecule has 0 unspecified atom stereocenters. The van der Waals surface area contributed by atoms with E-state index in [2.05, 4.69) is 15.4 Å². The number of nitrogens with zero attached hydrogens (tertiary/aromatic N) is 3. The van der Waals surface area contributed by atoms with Crippen LogP contribution in [0.25, 0.3) is 5.69 Å². The minimum atomic E-state index is -1.15. The van der Waals surface area contributed by atoms with Gasteiger partial charge < -0.3 is 10.4 Å². The van der Waals surface area contributed by atoms with Gasteiger partial charge in [0.25, 0.3) is 0 Å². The van der Waals surface area contributed by atoms with E-state index >= 15 is 0 Å². The van der Waals surface area contributed by atoms with Gasteiger partial charge in [-0.3, -0.25) is 4.79 Å². The first-order valence-corrected chi connectivity index (χ1v) is 9.23. The lowest BCUT2D eigenvalue weighted by Crippen LogP contribution is -2.15. The number of rotatable bonds is 6. The van der Waals surface area contributed by atoms with Gasteiger partial charge in [-0.2, -0.15) is 0 Å². The quantitative estimate of drug-likeness (QED) is 0.611. The van der Waals surface area contributed by atoms with Crippen LogP contribution in [0.1, 0.15) is 15.9 Å². The maximum Gasteiger partial charge on any atom is 0.337 e. The lowest BCUT2D eigenvalue weighted by Gasteiger charge is -2.09. The molecule has 2 N–H and O–H groups in total. The highest BCUT2D eigenvalue weighted by Crippen LogP contribution is 2.25. The standard InChI is InChI=1S/C18H15ClN4O3S/c1-11-7-12(8-14(16(11)19)17(25)26)21-15(24)9-27-18-20-10-23(22-18)13-5-3-2-4-6-13/h2-8,10H,9H2,1H3,(H,21,24)(H,25,26). The fraction of sp³-hybridized carbons (Fsp3) is 0.111. The van der Waals surface area contributed by atoms with Gasteiger partial charge in [0.15, 0.2) is 0 Å². The number of carbonyl (C=O) groups excluding carboxylic acids is 1. The first-order valence-electron chi connectivity index (χ1n) is 7.87. The van der Waals surface area contributed by atoms with E-state index in [0.29, 0.717) is 16.4 Å². The number of amides is 1. The Morgan fingerprint density at radius 1 is 1.26 bits per heavy atom. The molecule has 9 heteroatoms. The van der Waals surface area contributed by atoms with Gasteiger partial charge in [-0.05, 0) is 36.8 Å². The Morgan fingerprint density at radius 3 is 2.70 bits per heavy atom. The molecule has 0 spiro atoms. The van der Waals surface area contributed by atoms with E-state index in [4.69, 9.17) is 11.6 Å². The average Bonchev–Trinajstić information content (AvgIpc) is 3.12. The molecule has 138 valence electrons. The number of aromatic carboxylic acids is 1. The van der Waals surface area contributed by atoms with Crippen LogP contribution >= 0.6 is 23.4 Å². The Kier molecular flexibility index (Phi) is 5.78. The third-order valence-electron chi connectivity index (χ3n) is 3.59. The minimum absolute atomic E-state index is 0.0529. The normalized spacial score (nSPS) is 10.6. The second kappa shape index (κ2) is 8.24. The van der Waals surface area contributed by atoms with E-state index in [0.717, 1.165) is 5.69 Å². The zero-order valence-corrected chi connectivity index (χ0v) is 15.8. The van der Waals surface area contributed by atoms with Crippen molar-refractivity contribution in [1.29, 1.82) is 0 Å². The Bertz CT molecular complexity index is 992. The molecule has 0 atom stereocenters. The van der Waals surface area contributed by atoms with E-state index in [1.54, 1.807) is 24.0 Å². The molecule has 0 saturated heterocycles. The maximum atomic E-state index is 12.2. The monoisotopic (exact) mass is 402 g/mol. The minimum Gasteiger partial charge on any atom is -0.478 e. The van der Waals surface area contributed by atoms with Crippen LogP contribution in [0.4, 0.5) is 5.69 Å². The Labute approximate surface area is 164 Å². The number of anilines is 1. The first kappa shape index (κ1) is 18.9. The molecule has 3 aromatic rings. The van der Waals surface area contributed by atoms with Crippen LogP contribution in [0.15, 0.2) is 53.9 Å². The molecular formula is C18H15ClN4O3S. The van der Waals surface area contributed by atoms with E-state index in [-0.39, 0.29) is 22.2 Å². The number of aromatic nitrogens is 3. The number of aryl methyl sites for hydroxylation is 1. The molecule has 1 heterocycles. The van der Waals surface area contributed by atoms with Crippen molar-refractivity contribution >= 4 is 40.9 Å². The highest BCUT2D eigenvalue weighted by molar-refractivity contribution is 7.99. The van der Waals surface area contributed by atoms with Gasteiger partial charge in [0.1, 0.15) is 6.33 Å². The number of carboxylic acids is 1. The number of nitrogens with one attached hydrogen (secondary N) is 1. The molecular weight excluding hydrogens is 388 g/mol. The van der Waals surface area contributed by atoms with Crippen molar-refractivity contribution in [3.8, 4) is 5.69 Å². The first-order chi connectivity index (χ1) is 12.9. The summed E-state index contributed by atoms with van der Waals surface area (Å²) in [4.78, 5) is 27.6. The van der Waals surface area contributed by atoms with Gasteiger partial charge in [0.2, 0.25) is 11.1 Å². The fourth-order valence-corrected chi connectivity index (χ4v) is 3.13. The Hall–Kier alpha value is -2.84. The predicted octanol–water partition coefficient (Wildman–Crippen LogP) is 3.66. The van der Waals surface area contributed by atoms with Crippen LogP contribution in [0.3, 0.4) is 0 Å². The van der Waals surface area contributed by atoms with Crippen LogP contribution in [0.5, 0.6) is 0 Å². The number of thioether (sulfide) groups is 1. The van der Waals surface area contributed by atoms with Gasteiger partial charge >= 0.3 is 5.97 Å². The number of para-hydroxylation sites is 1. The fourth-order valence-electron chi connectivity index (χ4n) is 2.34. The van der Waals surface area contributed by atoms with Crippen LogP contribution in [-0.4, -0.2) is 37.5 Å². The molecule has 2 aromatic carbocycles. The molecule has 27 heavy (non-hydrogen) atoms. The van der Waals surface area contributed by atoms with Crippen molar-refractivity contribution in [3.63, 3.8) is 0 Å². The van der Waals surface area contributed by atoms with Crippen LogP contribution in [0.2, 0.25) is 5.02 Å². The molecule has 3 rings (SSSR count). The van der Waals surface area contributed by atoms with E-state index in [1.807, 2.05) is 30.3 Å². The molecule has 0 saturated carbocycles. The molecule has 0 aliphatic carbocycles. The molecule has 0 bridgehead atoms. The average molecular weight is 403 g/mol. The topological polar surface area (TPSA) is 97.1 Å². The predicted molar refractivity (Wildman–Crippen MR) is 104 cm³/mol. The van der Waals surface area contributed by atoms with Crippen LogP contribution in [-0.2, 0) is 4.79 Å². The summed E-state index contributed by atoms with van der Waals surface area (Å²) in [6.07, 6.45) is 1.58. The molecule has 0 aliphatic rings. The lowest BCUT2D eigenvalue weighted by molar-refractivity contribution is -0.113. The third kappa shape index (κ3) is 4.66. The number of carboxylic acid groups (broad SMARTS) is 1. The van der Waals surface area contributed by atoms with Crippen molar-refractivity contribution in [1.82, 2.24) is 14.8 Å². The Balaban J connectivity index is 1.62. The van der Waals surface area contributed by atoms with Gasteiger partial charge in [-0.1, -0.05) is 41.6 Å². The van der Waals surface area contributed by atoms with Gasteiger partial charge in [-0.15, -0.1) is 5.10 Å². The summed E-state index contributed by atoms with van der Waals surface area (Å²) in [6.45, 7) is 1.68. The highest BCUT2D eigenvalue weighted by atomic mass is 35.5. The van der Waals surface area contributed by atoms with E-state index in [1.165, 1.54) is 17.8 Å². The second-order valence-corrected chi connectivity index (χ2v) is 6.92. The van der Waals surface area contributed by atoms with Crippen molar-refractivity contribution in [2.24, 2.45) is 0 Å². The number of halogens is 1. The number of hydrogen-bond donors (Lipinski definition) is 2. The number of benzene rings is 2. The molecule has 1 aromatic heterocycles. The summed E-state index contributed by atoms with van der Waals surface area (Å²) in [7, 11) is 0. The summed E-state index contributed by atoms with van der Waals surface area (Å²) >= 11 is 7.16. The van der Waals surface area contributed by atoms with Crippen LogP contribution < -0.4 is 5.32 Å². The second-order valence-electron chi connectivity index (χ2n) is 5.60. The highest BCUT2D eigenvalue weighted by Gasteiger charge is 2.14. The smallest absolute Gasteiger partial charge is 0.337 e. The largest absolute Gasteiger partial charge is 0.478 e. The number of hydrogen-bond acceptors (Lipinski definition) is 5. The van der Waals surface area contributed by atoms with Crippen molar-refractivity contribution < 1.29 is 14.7 Å². The molecule has 0 radical (unpaired) electrons. The van der Waals surface area contributed by atoms with Gasteiger partial charge in [0, 0.05) is 5.69 Å². The summed E-state index contributed by atoms with van der Waals surface area (Å²) in [5.74, 6) is -1.36. The lowest BCUT2D eigenvalue weighted by atomic mass is 10.1. The van der Waals surface area contributed by atoms with Gasteiger partial charge in [0.05, 0.1) is 22.0 Å². The molecule has 7 nitrogen and oxygen atoms in total. The summed E-state index contributed by atoms with van der Waals surface area (Å²) in [6, 6.07) is 12.5. The maximum absolute atomic E-state index is 12.2. The van der Waals surface area contributed by atoms with Crippen molar-refractivity contribution in [2.45, 2.75) is 12.1 Å². The third-order valence-corrected chi connectivity index (χ3v) is 4.95. The van der Waals surface area contributed by atoms with E-state index in [9.17, 15) is 14.7 Å². The summed E-state index contributed by atoms with van der Waals surface area (Å²) < 4.78 is 1.63. The molecule has 0 fully saturated rings. The van der Waals surface area contributed by atoms with Crippen LogP contribution in [0, 0.1) is 6.92 Å². The summed E-state index contributed by atoms with van der Waals surface area (Å²) in [5, 5.41) is 16.8. The summed E-state index contributed by atoms with van der Waals surface area (Å²) in [5.41, 5.74) is 1.77. The zero-order valence-electron chi connectivity index (χ0n) is 14.2. The van der Waals surface area contributed by atoms with Gasteiger partial charge in [-0.25, -0.2) is 14.5 Å².